The van der Waals surface area contributed by atoms with Gasteiger partial charge in [-0.2, -0.15) is 0 Å². The van der Waals surface area contributed by atoms with E-state index >= 15 is 0 Å². The van der Waals surface area contributed by atoms with Crippen molar-refractivity contribution in [3.63, 3.8) is 0 Å². The number of benzene rings is 1. The molecule has 1 fully saturated rings. The number of aliphatic carboxylic acids is 1. The molecule has 22 heavy (non-hydrogen) atoms. The number of pyridine rings is 1. The quantitative estimate of drug-likeness (QED) is 0.935. The van der Waals surface area contributed by atoms with Crippen LogP contribution in [-0.2, 0) is 20.0 Å². The van der Waals surface area contributed by atoms with Gasteiger partial charge in [-0.1, -0.05) is 12.1 Å². The standard InChI is InChI=1S/C16H15NO4S/c1-22(20,21)14-4-2-11(3-5-14)12-8-13(10-17-9-12)16(6-7-16)15(18)19/h2-5,8-10H,6-7H2,1H3,(H,18,19). The van der Waals surface area contributed by atoms with E-state index in [0.29, 0.717) is 18.4 Å². The number of nitrogens with zero attached hydrogens (tertiary/aromatic N) is 1. The lowest BCUT2D eigenvalue weighted by Crippen LogP contribution is -2.19. The molecule has 3 rings (SSSR count). The van der Waals surface area contributed by atoms with Crippen molar-refractivity contribution in [2.75, 3.05) is 6.26 Å². The predicted molar refractivity (Wildman–Crippen MR) is 81.3 cm³/mol. The van der Waals surface area contributed by atoms with Gasteiger partial charge in [-0.25, -0.2) is 8.42 Å². The fraction of sp³-hybridized carbons (Fsp3) is 0.250. The molecule has 1 aliphatic carbocycles. The molecule has 0 radical (unpaired) electrons. The van der Waals surface area contributed by atoms with E-state index in [4.69, 9.17) is 0 Å². The lowest BCUT2D eigenvalue weighted by atomic mass is 9.95. The van der Waals surface area contributed by atoms with Crippen LogP contribution in [0.25, 0.3) is 11.1 Å². The number of sulfone groups is 1. The Hall–Kier alpha value is -2.21. The number of carboxylic acids is 1. The average Bonchev–Trinajstić information content (AvgIpc) is 3.28. The SMILES string of the molecule is CS(=O)(=O)c1ccc(-c2cncc(C3(C(=O)O)CC3)c2)cc1. The van der Waals surface area contributed by atoms with Crippen LogP contribution in [0.4, 0.5) is 0 Å². The predicted octanol–water partition coefficient (Wildman–Crippen LogP) is 2.27. The highest BCUT2D eigenvalue weighted by atomic mass is 32.2. The molecule has 0 atom stereocenters. The summed E-state index contributed by atoms with van der Waals surface area (Å²) >= 11 is 0. The Morgan fingerprint density at radius 2 is 1.77 bits per heavy atom. The van der Waals surface area contributed by atoms with Gasteiger partial charge in [-0.15, -0.1) is 0 Å². The lowest BCUT2D eigenvalue weighted by molar-refractivity contribution is -0.140. The molecule has 1 N–H and O–H groups in total. The zero-order chi connectivity index (χ0) is 16.0. The van der Waals surface area contributed by atoms with Gasteiger partial charge in [0.15, 0.2) is 9.84 Å². The van der Waals surface area contributed by atoms with Gasteiger partial charge >= 0.3 is 5.97 Å². The normalized spacial score (nSPS) is 16.2. The summed E-state index contributed by atoms with van der Waals surface area (Å²) in [6.45, 7) is 0. The van der Waals surface area contributed by atoms with Gasteiger partial charge in [0.25, 0.3) is 0 Å². The van der Waals surface area contributed by atoms with E-state index in [2.05, 4.69) is 4.98 Å². The summed E-state index contributed by atoms with van der Waals surface area (Å²) in [6.07, 6.45) is 5.65. The fourth-order valence-electron chi connectivity index (χ4n) is 2.51. The zero-order valence-electron chi connectivity index (χ0n) is 12.0. The number of hydrogen-bond donors (Lipinski definition) is 1. The average molecular weight is 317 g/mol. The first kappa shape index (κ1) is 14.7. The molecule has 1 aliphatic rings. The Kier molecular flexibility index (Phi) is 3.29. The molecule has 1 aromatic heterocycles. The highest BCUT2D eigenvalue weighted by Crippen LogP contribution is 2.48. The summed E-state index contributed by atoms with van der Waals surface area (Å²) in [5.74, 6) is -0.820. The highest BCUT2D eigenvalue weighted by molar-refractivity contribution is 7.90. The van der Waals surface area contributed by atoms with Crippen molar-refractivity contribution in [1.82, 2.24) is 4.98 Å². The molecule has 0 amide bonds. The van der Waals surface area contributed by atoms with Crippen LogP contribution in [0.2, 0.25) is 0 Å². The van der Waals surface area contributed by atoms with Crippen LogP contribution < -0.4 is 0 Å². The number of carboxylic acid groups (broad SMARTS) is 1. The van der Waals surface area contributed by atoms with Gasteiger partial charge in [0.1, 0.15) is 0 Å². The lowest BCUT2D eigenvalue weighted by Gasteiger charge is -2.11. The molecule has 0 spiro atoms. The summed E-state index contributed by atoms with van der Waals surface area (Å²) in [5.41, 5.74) is 1.49. The van der Waals surface area contributed by atoms with Crippen molar-refractivity contribution >= 4 is 15.8 Å². The largest absolute Gasteiger partial charge is 0.481 e. The van der Waals surface area contributed by atoms with E-state index in [9.17, 15) is 18.3 Å². The molecular formula is C16H15NO4S. The first-order chi connectivity index (χ1) is 10.3. The maximum absolute atomic E-state index is 11.5. The zero-order valence-corrected chi connectivity index (χ0v) is 12.8. The third-order valence-corrected chi connectivity index (χ3v) is 5.19. The maximum atomic E-state index is 11.5. The third kappa shape index (κ3) is 2.50. The molecular weight excluding hydrogens is 302 g/mol. The Morgan fingerprint density at radius 3 is 2.27 bits per heavy atom. The van der Waals surface area contributed by atoms with E-state index < -0.39 is 21.2 Å². The topological polar surface area (TPSA) is 84.3 Å². The molecule has 0 bridgehead atoms. The Labute approximate surface area is 128 Å². The Morgan fingerprint density at radius 1 is 1.14 bits per heavy atom. The van der Waals surface area contributed by atoms with Crippen molar-refractivity contribution in [3.8, 4) is 11.1 Å². The molecule has 114 valence electrons. The molecule has 1 aromatic carbocycles. The monoisotopic (exact) mass is 317 g/mol. The molecule has 1 saturated carbocycles. The second-order valence-electron chi connectivity index (χ2n) is 5.65. The number of aromatic nitrogens is 1. The van der Waals surface area contributed by atoms with Gasteiger partial charge in [-0.3, -0.25) is 9.78 Å². The van der Waals surface area contributed by atoms with Gasteiger partial charge < -0.3 is 5.11 Å². The van der Waals surface area contributed by atoms with Gasteiger partial charge in [0, 0.05) is 24.2 Å². The molecule has 6 heteroatoms. The molecule has 5 nitrogen and oxygen atoms in total. The second kappa shape index (κ2) is 4.91. The molecule has 2 aromatic rings. The van der Waals surface area contributed by atoms with Crippen LogP contribution in [0, 0.1) is 0 Å². The van der Waals surface area contributed by atoms with Crippen molar-refractivity contribution in [2.24, 2.45) is 0 Å². The van der Waals surface area contributed by atoms with Gasteiger partial charge in [-0.05, 0) is 42.2 Å². The van der Waals surface area contributed by atoms with E-state index in [1.807, 2.05) is 6.07 Å². The molecule has 0 unspecified atom stereocenters. The Bertz CT molecular complexity index is 837. The minimum absolute atomic E-state index is 0.254. The summed E-state index contributed by atoms with van der Waals surface area (Å²) in [7, 11) is -3.23. The molecule has 1 heterocycles. The van der Waals surface area contributed by atoms with E-state index in [-0.39, 0.29) is 4.90 Å². The third-order valence-electron chi connectivity index (χ3n) is 4.07. The first-order valence-electron chi connectivity index (χ1n) is 6.82. The molecule has 0 aliphatic heterocycles. The minimum atomic E-state index is -3.23. The minimum Gasteiger partial charge on any atom is -0.481 e. The van der Waals surface area contributed by atoms with Crippen molar-refractivity contribution in [1.29, 1.82) is 0 Å². The second-order valence-corrected chi connectivity index (χ2v) is 7.66. The maximum Gasteiger partial charge on any atom is 0.314 e. The fourth-order valence-corrected chi connectivity index (χ4v) is 3.14. The number of rotatable bonds is 4. The van der Waals surface area contributed by atoms with Crippen molar-refractivity contribution in [2.45, 2.75) is 23.2 Å². The van der Waals surface area contributed by atoms with Gasteiger partial charge in [0.05, 0.1) is 10.3 Å². The van der Waals surface area contributed by atoms with Crippen LogP contribution >= 0.6 is 0 Å². The highest BCUT2D eigenvalue weighted by Gasteiger charge is 2.52. The smallest absolute Gasteiger partial charge is 0.314 e. The Balaban J connectivity index is 1.98. The summed E-state index contributed by atoms with van der Waals surface area (Å²) in [5, 5.41) is 9.35. The van der Waals surface area contributed by atoms with E-state index in [1.54, 1.807) is 36.7 Å². The summed E-state index contributed by atoms with van der Waals surface area (Å²) < 4.78 is 22.9. The van der Waals surface area contributed by atoms with Crippen LogP contribution in [0.1, 0.15) is 18.4 Å². The van der Waals surface area contributed by atoms with E-state index in [1.165, 1.54) is 0 Å². The van der Waals surface area contributed by atoms with Crippen LogP contribution in [0.5, 0.6) is 0 Å². The van der Waals surface area contributed by atoms with Crippen molar-refractivity contribution in [3.05, 3.63) is 48.3 Å². The number of hydrogen-bond acceptors (Lipinski definition) is 4. The number of carbonyl (C=O) groups is 1. The van der Waals surface area contributed by atoms with Crippen LogP contribution in [0.3, 0.4) is 0 Å². The van der Waals surface area contributed by atoms with Crippen LogP contribution in [-0.4, -0.2) is 30.7 Å². The molecule has 0 saturated heterocycles. The van der Waals surface area contributed by atoms with E-state index in [0.717, 1.165) is 17.4 Å². The summed E-state index contributed by atoms with van der Waals surface area (Å²) in [6, 6.07) is 8.32. The van der Waals surface area contributed by atoms with Crippen molar-refractivity contribution < 1.29 is 18.3 Å². The van der Waals surface area contributed by atoms with Gasteiger partial charge in [0.2, 0.25) is 0 Å². The first-order valence-corrected chi connectivity index (χ1v) is 8.71. The van der Waals surface area contributed by atoms with Crippen LogP contribution in [0.15, 0.2) is 47.6 Å². The summed E-state index contributed by atoms with van der Waals surface area (Å²) in [4.78, 5) is 15.8.